The van der Waals surface area contributed by atoms with Gasteiger partial charge in [-0.1, -0.05) is 22.0 Å². The lowest BCUT2D eigenvalue weighted by atomic mass is 10.1. The third-order valence-corrected chi connectivity index (χ3v) is 3.44. The van der Waals surface area contributed by atoms with Crippen molar-refractivity contribution in [3.05, 3.63) is 33.8 Å². The zero-order valence-electron chi connectivity index (χ0n) is 10.8. The molecule has 0 bridgehead atoms. The second kappa shape index (κ2) is 8.27. The molecule has 0 unspecified atom stereocenters. The maximum Gasteiger partial charge on any atom is 0.337 e. The molecule has 0 aromatic heterocycles. The zero-order chi connectivity index (χ0) is 14.3. The summed E-state index contributed by atoms with van der Waals surface area (Å²) in [4.78, 5) is 13.3. The highest BCUT2D eigenvalue weighted by molar-refractivity contribution is 9.10. The zero-order valence-corrected chi connectivity index (χ0v) is 12.4. The van der Waals surface area contributed by atoms with Crippen LogP contribution in [0.2, 0.25) is 0 Å². The molecule has 0 fully saturated rings. The van der Waals surface area contributed by atoms with Gasteiger partial charge in [0.1, 0.15) is 0 Å². The SMILES string of the molecule is COC(=O)c1ccc(CN(CCO)CCO)c(Br)c1. The van der Waals surface area contributed by atoms with Crippen LogP contribution >= 0.6 is 15.9 Å². The Hall–Kier alpha value is -0.950. The summed E-state index contributed by atoms with van der Waals surface area (Å²) in [6.07, 6.45) is 0. The minimum atomic E-state index is -0.380. The molecule has 0 amide bonds. The summed E-state index contributed by atoms with van der Waals surface area (Å²) in [7, 11) is 1.34. The van der Waals surface area contributed by atoms with E-state index < -0.39 is 0 Å². The molecule has 0 aliphatic rings. The number of aliphatic hydroxyl groups is 2. The normalized spacial score (nSPS) is 10.8. The number of hydrogen-bond donors (Lipinski definition) is 2. The highest BCUT2D eigenvalue weighted by Gasteiger charge is 2.11. The van der Waals surface area contributed by atoms with Gasteiger partial charge in [-0.15, -0.1) is 0 Å². The monoisotopic (exact) mass is 331 g/mol. The molecule has 0 saturated carbocycles. The molecule has 5 nitrogen and oxygen atoms in total. The quantitative estimate of drug-likeness (QED) is 0.730. The number of nitrogens with zero attached hydrogens (tertiary/aromatic N) is 1. The van der Waals surface area contributed by atoms with Gasteiger partial charge in [-0.2, -0.15) is 0 Å². The molecule has 2 N–H and O–H groups in total. The Kier molecular flexibility index (Phi) is 7.01. The predicted molar refractivity (Wildman–Crippen MR) is 74.9 cm³/mol. The molecule has 1 aromatic rings. The minimum absolute atomic E-state index is 0.0395. The first-order valence-corrected chi connectivity index (χ1v) is 6.72. The Morgan fingerprint density at radius 2 is 1.95 bits per heavy atom. The average Bonchev–Trinajstić information content (AvgIpc) is 2.40. The van der Waals surface area contributed by atoms with Gasteiger partial charge in [-0.05, 0) is 17.7 Å². The summed E-state index contributed by atoms with van der Waals surface area (Å²) in [5.74, 6) is -0.380. The molecular weight excluding hydrogens is 314 g/mol. The summed E-state index contributed by atoms with van der Waals surface area (Å²) >= 11 is 3.42. The van der Waals surface area contributed by atoms with E-state index in [1.54, 1.807) is 12.1 Å². The van der Waals surface area contributed by atoms with E-state index >= 15 is 0 Å². The van der Waals surface area contributed by atoms with E-state index in [0.717, 1.165) is 10.0 Å². The van der Waals surface area contributed by atoms with Gasteiger partial charge >= 0.3 is 5.97 Å². The molecule has 0 saturated heterocycles. The number of rotatable bonds is 7. The smallest absolute Gasteiger partial charge is 0.337 e. The van der Waals surface area contributed by atoms with Gasteiger partial charge in [0, 0.05) is 24.1 Å². The van der Waals surface area contributed by atoms with Crippen molar-refractivity contribution in [3.8, 4) is 0 Å². The molecule has 19 heavy (non-hydrogen) atoms. The average molecular weight is 332 g/mol. The van der Waals surface area contributed by atoms with Crippen LogP contribution in [0.15, 0.2) is 22.7 Å². The number of carbonyl (C=O) groups excluding carboxylic acids is 1. The fourth-order valence-electron chi connectivity index (χ4n) is 1.71. The van der Waals surface area contributed by atoms with E-state index in [4.69, 9.17) is 10.2 Å². The maximum absolute atomic E-state index is 11.4. The van der Waals surface area contributed by atoms with E-state index in [1.165, 1.54) is 7.11 Å². The van der Waals surface area contributed by atoms with Crippen LogP contribution in [-0.4, -0.2) is 54.5 Å². The Balaban J connectivity index is 2.80. The number of halogens is 1. The first kappa shape index (κ1) is 16.1. The number of benzene rings is 1. The highest BCUT2D eigenvalue weighted by Crippen LogP contribution is 2.20. The molecule has 0 radical (unpaired) electrons. The lowest BCUT2D eigenvalue weighted by Crippen LogP contribution is -2.29. The number of esters is 1. The third-order valence-electron chi connectivity index (χ3n) is 2.70. The first-order valence-electron chi connectivity index (χ1n) is 5.93. The minimum Gasteiger partial charge on any atom is -0.465 e. The van der Waals surface area contributed by atoms with Crippen LogP contribution in [0, 0.1) is 0 Å². The second-order valence-corrected chi connectivity index (χ2v) is 4.88. The van der Waals surface area contributed by atoms with Crippen molar-refractivity contribution in [1.29, 1.82) is 0 Å². The van der Waals surface area contributed by atoms with Crippen molar-refractivity contribution in [2.45, 2.75) is 6.54 Å². The van der Waals surface area contributed by atoms with Crippen LogP contribution in [0.4, 0.5) is 0 Å². The molecule has 1 rings (SSSR count). The van der Waals surface area contributed by atoms with E-state index in [2.05, 4.69) is 20.7 Å². The van der Waals surface area contributed by atoms with Crippen molar-refractivity contribution in [3.63, 3.8) is 0 Å². The highest BCUT2D eigenvalue weighted by atomic mass is 79.9. The Morgan fingerprint density at radius 3 is 2.42 bits per heavy atom. The van der Waals surface area contributed by atoms with E-state index in [0.29, 0.717) is 25.2 Å². The maximum atomic E-state index is 11.4. The van der Waals surface area contributed by atoms with Gasteiger partial charge in [0.15, 0.2) is 0 Å². The van der Waals surface area contributed by atoms with Gasteiger partial charge in [-0.25, -0.2) is 4.79 Å². The van der Waals surface area contributed by atoms with Gasteiger partial charge in [0.25, 0.3) is 0 Å². The molecule has 6 heteroatoms. The Bertz CT molecular complexity index is 419. The molecule has 106 valence electrons. The van der Waals surface area contributed by atoms with E-state index in [1.807, 2.05) is 11.0 Å². The number of ether oxygens (including phenoxy) is 1. The Labute approximate surface area is 120 Å². The van der Waals surface area contributed by atoms with Crippen LogP contribution in [-0.2, 0) is 11.3 Å². The predicted octanol–water partition coefficient (Wildman–Crippen LogP) is 1.02. The van der Waals surface area contributed by atoms with Gasteiger partial charge in [0.2, 0.25) is 0 Å². The summed E-state index contributed by atoms with van der Waals surface area (Å²) in [5, 5.41) is 17.9. The Morgan fingerprint density at radius 1 is 1.32 bits per heavy atom. The fourth-order valence-corrected chi connectivity index (χ4v) is 2.22. The van der Waals surface area contributed by atoms with Gasteiger partial charge < -0.3 is 14.9 Å². The number of hydrogen-bond acceptors (Lipinski definition) is 5. The topological polar surface area (TPSA) is 70.0 Å². The summed E-state index contributed by atoms with van der Waals surface area (Å²) in [6.45, 7) is 1.65. The molecule has 0 spiro atoms. The van der Waals surface area contributed by atoms with Crippen LogP contribution in [0.1, 0.15) is 15.9 Å². The first-order chi connectivity index (χ1) is 9.12. The van der Waals surface area contributed by atoms with Crippen molar-refractivity contribution >= 4 is 21.9 Å². The lowest BCUT2D eigenvalue weighted by Gasteiger charge is -2.21. The van der Waals surface area contributed by atoms with Crippen LogP contribution in [0.5, 0.6) is 0 Å². The van der Waals surface area contributed by atoms with Crippen molar-refractivity contribution in [2.75, 3.05) is 33.4 Å². The lowest BCUT2D eigenvalue weighted by molar-refractivity contribution is 0.0600. The molecule has 1 aromatic carbocycles. The summed E-state index contributed by atoms with van der Waals surface area (Å²) < 4.78 is 5.46. The third kappa shape index (κ3) is 4.91. The van der Waals surface area contributed by atoms with E-state index in [9.17, 15) is 4.79 Å². The van der Waals surface area contributed by atoms with E-state index in [-0.39, 0.29) is 19.2 Å². The standard InChI is InChI=1S/C13H18BrNO4/c1-19-13(18)10-2-3-11(12(14)8-10)9-15(4-6-16)5-7-17/h2-3,8,16-17H,4-7,9H2,1H3. The number of carbonyl (C=O) groups is 1. The van der Waals surface area contributed by atoms with Gasteiger partial charge in [-0.3, -0.25) is 4.90 Å². The van der Waals surface area contributed by atoms with Crippen LogP contribution in [0.25, 0.3) is 0 Å². The molecule has 0 aliphatic heterocycles. The second-order valence-electron chi connectivity index (χ2n) is 4.02. The number of aliphatic hydroxyl groups excluding tert-OH is 2. The van der Waals surface area contributed by atoms with Crippen molar-refractivity contribution in [1.82, 2.24) is 4.90 Å². The van der Waals surface area contributed by atoms with Crippen molar-refractivity contribution in [2.24, 2.45) is 0 Å². The molecule has 0 atom stereocenters. The van der Waals surface area contributed by atoms with Crippen LogP contribution in [0.3, 0.4) is 0 Å². The summed E-state index contributed by atoms with van der Waals surface area (Å²) in [5.41, 5.74) is 1.46. The largest absolute Gasteiger partial charge is 0.465 e. The number of methoxy groups -OCH3 is 1. The van der Waals surface area contributed by atoms with Gasteiger partial charge in [0.05, 0.1) is 25.9 Å². The van der Waals surface area contributed by atoms with Crippen LogP contribution < -0.4 is 0 Å². The molecule has 0 heterocycles. The summed E-state index contributed by atoms with van der Waals surface area (Å²) in [6, 6.07) is 5.23. The fraction of sp³-hybridized carbons (Fsp3) is 0.462. The molecular formula is C13H18BrNO4. The molecule has 0 aliphatic carbocycles. The van der Waals surface area contributed by atoms with Crippen molar-refractivity contribution < 1.29 is 19.7 Å².